The van der Waals surface area contributed by atoms with Crippen molar-refractivity contribution in [1.29, 1.82) is 0 Å². The summed E-state index contributed by atoms with van der Waals surface area (Å²) in [7, 11) is 3.27. The van der Waals surface area contributed by atoms with Crippen LogP contribution in [0.15, 0.2) is 84.9 Å². The number of likely N-dealkylation sites (N-methyl/N-ethyl adjacent to an activating group) is 2. The van der Waals surface area contributed by atoms with Crippen LogP contribution in [-0.4, -0.2) is 180 Å². The number of carbonyl (C=O) groups excluding carboxylic acids is 10. The Hall–Kier alpha value is -7.98. The highest BCUT2D eigenvalue weighted by atomic mass is 16.2. The van der Waals surface area contributed by atoms with Gasteiger partial charge in [-0.3, -0.25) is 47.9 Å². The van der Waals surface area contributed by atoms with E-state index in [1.54, 1.807) is 49.9 Å². The molecule has 8 rings (SSSR count). The number of likely N-dealkylation sites (tertiary alicyclic amines) is 4. The SMILES string of the molecule is CNC(C)C(=O)NC(C(=O)N1CCC2C1C(C(=O)Nc1cccc3ccccc13)CN2C(=O)CNC(=O)C(=O)NCC(=O)N1CC(C(=O)Nc2cccc3ccccc23)C2C1CCN2C(=O)C(NC(=O)C(C)NC)C(C)(C)C)C(C)(C)C. The molecule has 4 aromatic rings. The maximum Gasteiger partial charge on any atom is 0.309 e. The molecule has 4 fully saturated rings. The van der Waals surface area contributed by atoms with Crippen molar-refractivity contribution < 1.29 is 47.9 Å². The van der Waals surface area contributed by atoms with Crippen LogP contribution in [0.4, 0.5) is 11.4 Å². The molecule has 10 amide bonds. The third-order valence-electron chi connectivity index (χ3n) is 16.7. The Balaban J connectivity index is 0.957. The Morgan fingerprint density at radius 3 is 1.21 bits per heavy atom. The molecular formula is C60H78N12O10. The third kappa shape index (κ3) is 12.6. The van der Waals surface area contributed by atoms with Crippen LogP contribution < -0.4 is 42.5 Å². The molecule has 0 spiro atoms. The van der Waals surface area contributed by atoms with Crippen LogP contribution in [0.5, 0.6) is 0 Å². The van der Waals surface area contributed by atoms with Crippen molar-refractivity contribution in [3.05, 3.63) is 84.9 Å². The lowest BCUT2D eigenvalue weighted by molar-refractivity contribution is -0.142. The molecule has 22 heteroatoms. The molecule has 8 N–H and O–H groups in total. The average Bonchev–Trinajstić information content (AvgIpc) is 4.24. The number of hydrogen-bond donors (Lipinski definition) is 8. The van der Waals surface area contributed by atoms with Crippen LogP contribution in [-0.2, 0) is 47.9 Å². The zero-order valence-electron chi connectivity index (χ0n) is 48.4. The van der Waals surface area contributed by atoms with Crippen LogP contribution in [0.3, 0.4) is 0 Å². The predicted octanol–water partition coefficient (Wildman–Crippen LogP) is 1.94. The van der Waals surface area contributed by atoms with Gasteiger partial charge in [0.05, 0.1) is 61.2 Å². The number of nitrogens with one attached hydrogen (secondary N) is 8. The lowest BCUT2D eigenvalue weighted by Gasteiger charge is -2.37. The number of carbonyl (C=O) groups is 10. The summed E-state index contributed by atoms with van der Waals surface area (Å²) < 4.78 is 0. The molecule has 438 valence electrons. The van der Waals surface area contributed by atoms with Crippen LogP contribution in [0, 0.1) is 22.7 Å². The predicted molar refractivity (Wildman–Crippen MR) is 309 cm³/mol. The summed E-state index contributed by atoms with van der Waals surface area (Å²) in [6, 6.07) is 19.9. The molecule has 10 unspecified atom stereocenters. The first-order chi connectivity index (χ1) is 38.8. The van der Waals surface area contributed by atoms with Gasteiger partial charge in [-0.05, 0) is 74.5 Å². The minimum atomic E-state index is -1.21. The molecule has 4 aliphatic rings. The second kappa shape index (κ2) is 24.6. The van der Waals surface area contributed by atoms with Gasteiger partial charge in [0.2, 0.25) is 47.3 Å². The standard InChI is InChI=1S/C60H78N12O10/c1-33(61-9)51(75)67-49(59(3,4)5)57(81)69-27-25-43-47(69)39(53(77)65-41-23-15-19-35-17-11-13-21-37(35)41)31-71(43)45(73)29-63-55(79)56(80)64-30-46(74)72-32-40(54(78)66-42-24-16-20-36-18-12-14-22-38(36)42)48-44(72)26-28-70(48)58(82)50(60(6,7)8)68-52(76)34(2)62-10/h11-24,33-34,39-40,43-44,47-50,61-62H,25-32H2,1-10H3,(H,63,79)(H,64,80)(H,65,77)(H,66,78)(H,67,75)(H,68,76). The van der Waals surface area contributed by atoms with E-state index in [0.29, 0.717) is 11.4 Å². The fourth-order valence-corrected chi connectivity index (χ4v) is 11.9. The highest BCUT2D eigenvalue weighted by molar-refractivity contribution is 6.35. The number of amides is 10. The Labute approximate surface area is 477 Å². The summed E-state index contributed by atoms with van der Waals surface area (Å²) in [5.41, 5.74) is -0.428. The molecule has 0 saturated carbocycles. The first kappa shape index (κ1) is 60.1. The maximum absolute atomic E-state index is 14.7. The van der Waals surface area contributed by atoms with Gasteiger partial charge in [-0.25, -0.2) is 0 Å². The molecule has 82 heavy (non-hydrogen) atoms. The molecular weight excluding hydrogens is 1050 g/mol. The number of rotatable bonds is 16. The molecule has 0 bridgehead atoms. The smallest absolute Gasteiger partial charge is 0.309 e. The van der Waals surface area contributed by atoms with E-state index in [2.05, 4.69) is 42.5 Å². The van der Waals surface area contributed by atoms with Gasteiger partial charge in [-0.2, -0.15) is 0 Å². The van der Waals surface area contributed by atoms with Crippen LogP contribution in [0.25, 0.3) is 21.5 Å². The Morgan fingerprint density at radius 1 is 0.500 bits per heavy atom. The van der Waals surface area contributed by atoms with Crippen molar-refractivity contribution >= 4 is 92.0 Å². The van der Waals surface area contributed by atoms with Gasteiger partial charge in [-0.15, -0.1) is 0 Å². The summed E-state index contributed by atoms with van der Waals surface area (Å²) in [5, 5.41) is 25.8. The molecule has 0 aliphatic carbocycles. The number of fused-ring (bicyclic) bond motifs is 4. The van der Waals surface area contributed by atoms with E-state index in [1.807, 2.05) is 114 Å². The summed E-state index contributed by atoms with van der Waals surface area (Å²) in [6.45, 7) is 13.1. The number of benzene rings is 4. The quantitative estimate of drug-likeness (QED) is 0.0748. The van der Waals surface area contributed by atoms with E-state index in [9.17, 15) is 47.9 Å². The van der Waals surface area contributed by atoms with Crippen molar-refractivity contribution in [3.63, 3.8) is 0 Å². The van der Waals surface area contributed by atoms with Gasteiger partial charge in [-0.1, -0.05) is 114 Å². The van der Waals surface area contributed by atoms with Gasteiger partial charge in [0.15, 0.2) is 0 Å². The Morgan fingerprint density at radius 2 is 0.854 bits per heavy atom. The lowest BCUT2D eigenvalue weighted by Crippen LogP contribution is -2.59. The minimum absolute atomic E-state index is 0.128. The van der Waals surface area contributed by atoms with E-state index < -0.39 is 131 Å². The molecule has 4 heterocycles. The molecule has 0 aromatic heterocycles. The van der Waals surface area contributed by atoms with E-state index in [0.717, 1.165) is 21.5 Å². The Kier molecular flexibility index (Phi) is 18.1. The second-order valence-electron chi connectivity index (χ2n) is 24.1. The second-order valence-corrected chi connectivity index (χ2v) is 24.1. The van der Waals surface area contributed by atoms with Gasteiger partial charge in [0, 0.05) is 48.3 Å². The Bertz CT molecular complexity index is 2940. The third-order valence-corrected chi connectivity index (χ3v) is 16.7. The average molecular weight is 1130 g/mol. The van der Waals surface area contributed by atoms with Crippen molar-refractivity contribution in [2.75, 3.05) is 64.0 Å². The zero-order chi connectivity index (χ0) is 59.5. The fourth-order valence-electron chi connectivity index (χ4n) is 11.9. The van der Waals surface area contributed by atoms with Gasteiger partial charge >= 0.3 is 11.8 Å². The normalized spacial score (nSPS) is 21.9. The monoisotopic (exact) mass is 1130 g/mol. The molecule has 4 aliphatic heterocycles. The summed E-state index contributed by atoms with van der Waals surface area (Å²) in [5.74, 6) is -8.02. The highest BCUT2D eigenvalue weighted by Gasteiger charge is 2.57. The van der Waals surface area contributed by atoms with Crippen LogP contribution >= 0.6 is 0 Å². The molecule has 4 aromatic carbocycles. The fraction of sp³-hybridized carbons (Fsp3) is 0.500. The number of nitrogens with zero attached hydrogens (tertiary/aromatic N) is 4. The zero-order valence-corrected chi connectivity index (χ0v) is 48.4. The lowest BCUT2D eigenvalue weighted by atomic mass is 9.85. The molecule has 22 nitrogen and oxygen atoms in total. The van der Waals surface area contributed by atoms with E-state index in [-0.39, 0.29) is 50.8 Å². The first-order valence-electron chi connectivity index (χ1n) is 28.1. The molecule has 0 radical (unpaired) electrons. The van der Waals surface area contributed by atoms with Crippen LogP contribution in [0.1, 0.15) is 68.2 Å². The van der Waals surface area contributed by atoms with Gasteiger partial charge < -0.3 is 62.1 Å². The molecule has 10 atom stereocenters. The van der Waals surface area contributed by atoms with E-state index >= 15 is 0 Å². The topological polar surface area (TPSA) is 280 Å². The first-order valence-corrected chi connectivity index (χ1v) is 28.1. The highest BCUT2D eigenvalue weighted by Crippen LogP contribution is 2.40. The van der Waals surface area contributed by atoms with E-state index in [1.165, 1.54) is 9.80 Å². The van der Waals surface area contributed by atoms with Crippen molar-refractivity contribution in [3.8, 4) is 0 Å². The van der Waals surface area contributed by atoms with E-state index in [4.69, 9.17) is 0 Å². The van der Waals surface area contributed by atoms with Gasteiger partial charge in [0.25, 0.3) is 0 Å². The van der Waals surface area contributed by atoms with Crippen molar-refractivity contribution in [2.45, 2.75) is 117 Å². The summed E-state index contributed by atoms with van der Waals surface area (Å²) >= 11 is 0. The number of hydrogen-bond acceptors (Lipinski definition) is 12. The van der Waals surface area contributed by atoms with Crippen molar-refractivity contribution in [1.82, 2.24) is 51.5 Å². The summed E-state index contributed by atoms with van der Waals surface area (Å²) in [4.78, 5) is 146. The van der Waals surface area contributed by atoms with Crippen molar-refractivity contribution in [2.24, 2.45) is 22.7 Å². The summed E-state index contributed by atoms with van der Waals surface area (Å²) in [6.07, 6.45) is 0.572. The molecule has 4 saturated heterocycles. The van der Waals surface area contributed by atoms with Crippen LogP contribution in [0.2, 0.25) is 0 Å². The van der Waals surface area contributed by atoms with Gasteiger partial charge in [0.1, 0.15) is 12.1 Å². The largest absolute Gasteiger partial charge is 0.342 e. The maximum atomic E-state index is 14.7. The number of anilines is 2. The minimum Gasteiger partial charge on any atom is -0.342 e.